The van der Waals surface area contributed by atoms with Gasteiger partial charge >= 0.3 is 0 Å². The average Bonchev–Trinajstić information content (AvgIpc) is 2.83. The highest BCUT2D eigenvalue weighted by Gasteiger charge is 2.41. The van der Waals surface area contributed by atoms with E-state index in [9.17, 15) is 4.79 Å². The molecule has 0 saturated carbocycles. The standard InChI is InChI=1S/C17H18N2O2/c1-17(18-13-14-8-4-2-5-9-14)12-16(20)19(21-17)15-10-6-3-7-11-15/h2-11,18H,12-13H2,1H3/t17-/m1/s1. The van der Waals surface area contributed by atoms with Crippen molar-refractivity contribution in [2.45, 2.75) is 25.6 Å². The Morgan fingerprint density at radius 3 is 2.38 bits per heavy atom. The summed E-state index contributed by atoms with van der Waals surface area (Å²) in [6.45, 7) is 2.56. The highest BCUT2D eigenvalue weighted by atomic mass is 16.7. The number of hydrogen-bond donors (Lipinski definition) is 1. The van der Waals surface area contributed by atoms with Gasteiger partial charge in [0.1, 0.15) is 0 Å². The molecule has 1 heterocycles. The maximum absolute atomic E-state index is 12.2. The fourth-order valence-electron chi connectivity index (χ4n) is 2.38. The number of hydrogen-bond acceptors (Lipinski definition) is 3. The number of anilines is 1. The van der Waals surface area contributed by atoms with Crippen LogP contribution in [0, 0.1) is 0 Å². The lowest BCUT2D eigenvalue weighted by atomic mass is 10.1. The number of nitrogens with zero attached hydrogens (tertiary/aromatic N) is 1. The van der Waals surface area contributed by atoms with Crippen molar-refractivity contribution in [3.8, 4) is 0 Å². The summed E-state index contributed by atoms with van der Waals surface area (Å²) >= 11 is 0. The lowest BCUT2D eigenvalue weighted by molar-refractivity contribution is -0.119. The molecule has 0 aromatic heterocycles. The Kier molecular flexibility index (Phi) is 3.73. The molecule has 1 atom stereocenters. The summed E-state index contributed by atoms with van der Waals surface area (Å²) in [6.07, 6.45) is 0.314. The Morgan fingerprint density at radius 1 is 1.10 bits per heavy atom. The summed E-state index contributed by atoms with van der Waals surface area (Å²) in [5.74, 6) is -0.0377. The molecular weight excluding hydrogens is 264 g/mol. The molecule has 0 aliphatic carbocycles. The van der Waals surface area contributed by atoms with Gasteiger partial charge in [-0.05, 0) is 24.6 Å². The molecule has 1 aliphatic rings. The maximum atomic E-state index is 12.2. The number of rotatable bonds is 4. The van der Waals surface area contributed by atoms with Crippen molar-refractivity contribution in [1.82, 2.24) is 5.32 Å². The minimum atomic E-state index is -0.678. The second-order valence-electron chi connectivity index (χ2n) is 5.36. The molecule has 4 nitrogen and oxygen atoms in total. The third-order valence-electron chi connectivity index (χ3n) is 3.51. The van der Waals surface area contributed by atoms with Gasteiger partial charge in [0.2, 0.25) is 0 Å². The van der Waals surface area contributed by atoms with Gasteiger partial charge in [0, 0.05) is 6.54 Å². The summed E-state index contributed by atoms with van der Waals surface area (Å²) < 4.78 is 0. The molecule has 2 aromatic carbocycles. The Labute approximate surface area is 124 Å². The minimum Gasteiger partial charge on any atom is -0.283 e. The lowest BCUT2D eigenvalue weighted by Gasteiger charge is -2.25. The largest absolute Gasteiger partial charge is 0.283 e. The number of nitrogens with one attached hydrogen (secondary N) is 1. The number of hydroxylamine groups is 1. The first-order valence-electron chi connectivity index (χ1n) is 7.02. The Balaban J connectivity index is 1.68. The zero-order valence-electron chi connectivity index (χ0n) is 12.0. The van der Waals surface area contributed by atoms with Gasteiger partial charge in [0.25, 0.3) is 5.91 Å². The number of carbonyl (C=O) groups excluding carboxylic acids is 1. The summed E-state index contributed by atoms with van der Waals surface area (Å²) in [6, 6.07) is 19.5. The molecule has 2 aromatic rings. The van der Waals surface area contributed by atoms with Crippen molar-refractivity contribution in [3.05, 3.63) is 66.2 Å². The minimum absolute atomic E-state index is 0.0377. The average molecular weight is 282 g/mol. The molecule has 1 fully saturated rings. The second-order valence-corrected chi connectivity index (χ2v) is 5.36. The van der Waals surface area contributed by atoms with E-state index in [1.54, 1.807) is 0 Å². The van der Waals surface area contributed by atoms with E-state index in [4.69, 9.17) is 4.84 Å². The zero-order valence-corrected chi connectivity index (χ0v) is 12.0. The van der Waals surface area contributed by atoms with E-state index < -0.39 is 5.72 Å². The van der Waals surface area contributed by atoms with Crippen molar-refractivity contribution in [2.24, 2.45) is 0 Å². The van der Waals surface area contributed by atoms with Crippen LogP contribution in [0.4, 0.5) is 5.69 Å². The van der Waals surface area contributed by atoms with Crippen LogP contribution in [-0.2, 0) is 16.2 Å². The van der Waals surface area contributed by atoms with Crippen LogP contribution in [-0.4, -0.2) is 11.6 Å². The molecule has 1 aliphatic heterocycles. The quantitative estimate of drug-likeness (QED) is 0.937. The highest BCUT2D eigenvalue weighted by molar-refractivity contribution is 5.93. The number of para-hydroxylation sites is 1. The molecule has 0 spiro atoms. The van der Waals surface area contributed by atoms with Gasteiger partial charge in [-0.25, -0.2) is 4.84 Å². The van der Waals surface area contributed by atoms with Gasteiger partial charge in [-0.2, -0.15) is 5.06 Å². The fraction of sp³-hybridized carbons (Fsp3) is 0.235. The van der Waals surface area contributed by atoms with Crippen LogP contribution < -0.4 is 10.4 Å². The predicted octanol–water partition coefficient (Wildman–Crippen LogP) is 2.86. The van der Waals surface area contributed by atoms with E-state index in [-0.39, 0.29) is 5.91 Å². The molecule has 3 rings (SSSR count). The first-order chi connectivity index (χ1) is 10.2. The molecule has 1 N–H and O–H groups in total. The van der Waals surface area contributed by atoms with Crippen LogP contribution in [0.1, 0.15) is 18.9 Å². The van der Waals surface area contributed by atoms with Gasteiger partial charge in [0.05, 0.1) is 12.1 Å². The molecular formula is C17H18N2O2. The van der Waals surface area contributed by atoms with Crippen molar-refractivity contribution < 1.29 is 9.63 Å². The van der Waals surface area contributed by atoms with Crippen molar-refractivity contribution in [1.29, 1.82) is 0 Å². The monoisotopic (exact) mass is 282 g/mol. The Morgan fingerprint density at radius 2 is 1.71 bits per heavy atom. The molecule has 0 bridgehead atoms. The van der Waals surface area contributed by atoms with E-state index >= 15 is 0 Å². The fourth-order valence-corrected chi connectivity index (χ4v) is 2.38. The number of benzene rings is 2. The van der Waals surface area contributed by atoms with Crippen LogP contribution >= 0.6 is 0 Å². The van der Waals surface area contributed by atoms with Crippen LogP contribution in [0.25, 0.3) is 0 Å². The second kappa shape index (κ2) is 5.68. The molecule has 1 amide bonds. The van der Waals surface area contributed by atoms with Gasteiger partial charge in [-0.15, -0.1) is 0 Å². The van der Waals surface area contributed by atoms with E-state index in [2.05, 4.69) is 5.32 Å². The zero-order chi connectivity index (χ0) is 14.7. The van der Waals surface area contributed by atoms with Gasteiger partial charge in [-0.1, -0.05) is 48.5 Å². The molecule has 0 radical (unpaired) electrons. The number of carbonyl (C=O) groups is 1. The molecule has 4 heteroatoms. The van der Waals surface area contributed by atoms with Crippen molar-refractivity contribution in [2.75, 3.05) is 5.06 Å². The topological polar surface area (TPSA) is 41.6 Å². The Bertz CT molecular complexity index is 615. The van der Waals surface area contributed by atoms with Crippen LogP contribution in [0.2, 0.25) is 0 Å². The SMILES string of the molecule is C[C@]1(NCc2ccccc2)CC(=O)N(c2ccccc2)O1. The number of amides is 1. The van der Waals surface area contributed by atoms with Crippen LogP contribution in [0.15, 0.2) is 60.7 Å². The van der Waals surface area contributed by atoms with E-state index in [0.29, 0.717) is 13.0 Å². The smallest absolute Gasteiger partial charge is 0.255 e. The summed E-state index contributed by atoms with van der Waals surface area (Å²) in [7, 11) is 0. The third-order valence-corrected chi connectivity index (χ3v) is 3.51. The van der Waals surface area contributed by atoms with Crippen LogP contribution in [0.5, 0.6) is 0 Å². The van der Waals surface area contributed by atoms with Gasteiger partial charge in [-0.3, -0.25) is 10.1 Å². The van der Waals surface area contributed by atoms with E-state index in [1.165, 1.54) is 5.06 Å². The van der Waals surface area contributed by atoms with Crippen molar-refractivity contribution >= 4 is 11.6 Å². The predicted molar refractivity (Wildman–Crippen MR) is 81.3 cm³/mol. The van der Waals surface area contributed by atoms with E-state index in [1.807, 2.05) is 67.6 Å². The van der Waals surface area contributed by atoms with Gasteiger partial charge in [0.15, 0.2) is 5.72 Å². The lowest BCUT2D eigenvalue weighted by Crippen LogP contribution is -2.42. The highest BCUT2D eigenvalue weighted by Crippen LogP contribution is 2.29. The van der Waals surface area contributed by atoms with Crippen molar-refractivity contribution in [3.63, 3.8) is 0 Å². The molecule has 21 heavy (non-hydrogen) atoms. The van der Waals surface area contributed by atoms with Crippen LogP contribution in [0.3, 0.4) is 0 Å². The summed E-state index contributed by atoms with van der Waals surface area (Å²) in [5.41, 5.74) is 1.24. The Hall–Kier alpha value is -2.17. The molecule has 0 unspecified atom stereocenters. The van der Waals surface area contributed by atoms with Gasteiger partial charge < -0.3 is 0 Å². The third kappa shape index (κ3) is 3.12. The summed E-state index contributed by atoms with van der Waals surface area (Å²) in [5, 5.41) is 4.69. The molecule has 108 valence electrons. The normalized spacial score (nSPS) is 21.8. The summed E-state index contributed by atoms with van der Waals surface area (Å²) in [4.78, 5) is 18.0. The first-order valence-corrected chi connectivity index (χ1v) is 7.02. The van der Waals surface area contributed by atoms with E-state index in [0.717, 1.165) is 11.3 Å². The molecule has 1 saturated heterocycles. The first kappa shape index (κ1) is 13.8. The maximum Gasteiger partial charge on any atom is 0.255 e.